The minimum atomic E-state index is -0.108. The van der Waals surface area contributed by atoms with E-state index in [4.69, 9.17) is 0 Å². The van der Waals surface area contributed by atoms with Crippen LogP contribution >= 0.6 is 15.9 Å². The van der Waals surface area contributed by atoms with E-state index in [-0.39, 0.29) is 5.56 Å². The number of benzene rings is 1. The van der Waals surface area contributed by atoms with Crippen molar-refractivity contribution >= 4 is 21.6 Å². The van der Waals surface area contributed by atoms with Crippen LogP contribution in [0.1, 0.15) is 37.2 Å². The van der Waals surface area contributed by atoms with Gasteiger partial charge in [-0.25, -0.2) is 4.68 Å². The Bertz CT molecular complexity index is 691. The van der Waals surface area contributed by atoms with Crippen molar-refractivity contribution in [3.05, 3.63) is 56.9 Å². The first-order chi connectivity index (χ1) is 10.6. The SMILES string of the molecule is Cn1ncc(NC2CCC(c3ccccc3)CC2)c(Br)c1=O. The van der Waals surface area contributed by atoms with E-state index < -0.39 is 0 Å². The number of nitrogens with one attached hydrogen (secondary N) is 1. The second-order valence-electron chi connectivity index (χ2n) is 5.90. The Labute approximate surface area is 138 Å². The van der Waals surface area contributed by atoms with Gasteiger partial charge in [0.15, 0.2) is 0 Å². The van der Waals surface area contributed by atoms with Crippen LogP contribution in [0.5, 0.6) is 0 Å². The van der Waals surface area contributed by atoms with Crippen molar-refractivity contribution < 1.29 is 0 Å². The molecule has 0 bridgehead atoms. The zero-order valence-electron chi connectivity index (χ0n) is 12.6. The number of halogens is 1. The molecule has 0 amide bonds. The quantitative estimate of drug-likeness (QED) is 0.906. The second-order valence-corrected chi connectivity index (χ2v) is 6.70. The fourth-order valence-corrected chi connectivity index (χ4v) is 3.60. The number of hydrogen-bond donors (Lipinski definition) is 1. The van der Waals surface area contributed by atoms with Crippen LogP contribution in [0.15, 0.2) is 45.8 Å². The summed E-state index contributed by atoms with van der Waals surface area (Å²) in [5, 5.41) is 7.55. The second kappa shape index (κ2) is 6.65. The minimum Gasteiger partial charge on any atom is -0.380 e. The van der Waals surface area contributed by atoms with E-state index in [1.54, 1.807) is 13.2 Å². The highest BCUT2D eigenvalue weighted by molar-refractivity contribution is 9.10. The maximum atomic E-state index is 11.9. The van der Waals surface area contributed by atoms with Crippen molar-refractivity contribution in [1.82, 2.24) is 9.78 Å². The maximum absolute atomic E-state index is 11.9. The average Bonchev–Trinajstić information content (AvgIpc) is 2.57. The van der Waals surface area contributed by atoms with Gasteiger partial charge in [0.2, 0.25) is 0 Å². The van der Waals surface area contributed by atoms with E-state index in [2.05, 4.69) is 56.7 Å². The molecular formula is C17H20BrN3O. The van der Waals surface area contributed by atoms with Crippen LogP contribution in [0.25, 0.3) is 0 Å². The Balaban J connectivity index is 1.63. The lowest BCUT2D eigenvalue weighted by Gasteiger charge is -2.30. The highest BCUT2D eigenvalue weighted by Crippen LogP contribution is 2.34. The molecule has 0 spiro atoms. The molecule has 1 fully saturated rings. The number of anilines is 1. The molecule has 0 aliphatic heterocycles. The molecule has 22 heavy (non-hydrogen) atoms. The van der Waals surface area contributed by atoms with Crippen molar-refractivity contribution in [3.63, 3.8) is 0 Å². The van der Waals surface area contributed by atoms with Crippen molar-refractivity contribution in [1.29, 1.82) is 0 Å². The van der Waals surface area contributed by atoms with Gasteiger partial charge in [-0.15, -0.1) is 0 Å². The van der Waals surface area contributed by atoms with Crippen molar-refractivity contribution in [2.75, 3.05) is 5.32 Å². The van der Waals surface area contributed by atoms with Gasteiger partial charge in [0.25, 0.3) is 5.56 Å². The third-order valence-corrected chi connectivity index (χ3v) is 5.20. The van der Waals surface area contributed by atoms with Gasteiger partial charge < -0.3 is 5.32 Å². The molecule has 1 saturated carbocycles. The lowest BCUT2D eigenvalue weighted by molar-refractivity contribution is 0.412. The predicted molar refractivity (Wildman–Crippen MR) is 92.2 cm³/mol. The fraction of sp³-hybridized carbons (Fsp3) is 0.412. The summed E-state index contributed by atoms with van der Waals surface area (Å²) in [5.74, 6) is 0.657. The van der Waals surface area contributed by atoms with Crippen LogP contribution in [0.4, 0.5) is 5.69 Å². The lowest BCUT2D eigenvalue weighted by Crippen LogP contribution is -2.28. The predicted octanol–water partition coefficient (Wildman–Crippen LogP) is 3.68. The standard InChI is InChI=1S/C17H20BrN3O/c1-21-17(22)16(18)15(11-19-21)20-14-9-7-13(8-10-14)12-5-3-2-4-6-12/h2-6,11,13-14,20H,7-10H2,1H3. The molecule has 1 aromatic carbocycles. The van der Waals surface area contributed by atoms with Crippen LogP contribution in [-0.2, 0) is 7.05 Å². The van der Waals surface area contributed by atoms with E-state index in [1.807, 2.05) is 0 Å². The Morgan fingerprint density at radius 1 is 1.18 bits per heavy atom. The Morgan fingerprint density at radius 2 is 1.86 bits per heavy atom. The third kappa shape index (κ3) is 3.24. The molecule has 5 heteroatoms. The zero-order valence-corrected chi connectivity index (χ0v) is 14.2. The molecule has 1 aliphatic carbocycles. The number of hydrogen-bond acceptors (Lipinski definition) is 3. The van der Waals surface area contributed by atoms with Gasteiger partial charge in [-0.1, -0.05) is 30.3 Å². The Kier molecular flexibility index (Phi) is 4.62. The van der Waals surface area contributed by atoms with Gasteiger partial charge in [-0.2, -0.15) is 5.10 Å². The smallest absolute Gasteiger partial charge is 0.282 e. The fourth-order valence-electron chi connectivity index (χ4n) is 3.13. The number of aromatic nitrogens is 2. The molecule has 1 heterocycles. The van der Waals surface area contributed by atoms with E-state index in [0.29, 0.717) is 16.4 Å². The summed E-state index contributed by atoms with van der Waals surface area (Å²) in [7, 11) is 1.65. The van der Waals surface area contributed by atoms with Crippen LogP contribution in [0, 0.1) is 0 Å². The van der Waals surface area contributed by atoms with Gasteiger partial charge in [-0.3, -0.25) is 4.79 Å². The van der Waals surface area contributed by atoms with Crippen LogP contribution < -0.4 is 10.9 Å². The Morgan fingerprint density at radius 3 is 2.55 bits per heavy atom. The molecule has 2 aromatic rings. The zero-order chi connectivity index (χ0) is 15.5. The van der Waals surface area contributed by atoms with Gasteiger partial charge in [0.1, 0.15) is 4.47 Å². The molecular weight excluding hydrogens is 342 g/mol. The summed E-state index contributed by atoms with van der Waals surface area (Å²) < 4.78 is 1.90. The van der Waals surface area contributed by atoms with E-state index >= 15 is 0 Å². The third-order valence-electron chi connectivity index (χ3n) is 4.44. The van der Waals surface area contributed by atoms with Gasteiger partial charge in [-0.05, 0) is 53.1 Å². The van der Waals surface area contributed by atoms with Crippen molar-refractivity contribution in [2.45, 2.75) is 37.6 Å². The highest BCUT2D eigenvalue weighted by Gasteiger charge is 2.23. The average molecular weight is 362 g/mol. The van der Waals surface area contributed by atoms with Crippen LogP contribution in [0.3, 0.4) is 0 Å². The van der Waals surface area contributed by atoms with Gasteiger partial charge in [0.05, 0.1) is 11.9 Å². The van der Waals surface area contributed by atoms with Crippen LogP contribution in [0.2, 0.25) is 0 Å². The van der Waals surface area contributed by atoms with E-state index in [1.165, 1.54) is 23.1 Å². The first-order valence-corrected chi connectivity index (χ1v) is 8.47. The first-order valence-electron chi connectivity index (χ1n) is 7.68. The molecule has 0 atom stereocenters. The van der Waals surface area contributed by atoms with Gasteiger partial charge >= 0.3 is 0 Å². The first kappa shape index (κ1) is 15.3. The number of nitrogens with zero attached hydrogens (tertiary/aromatic N) is 2. The molecule has 1 aromatic heterocycles. The molecule has 1 aliphatic rings. The summed E-state index contributed by atoms with van der Waals surface area (Å²) in [6.45, 7) is 0. The topological polar surface area (TPSA) is 46.9 Å². The normalized spacial score (nSPS) is 21.5. The summed E-state index contributed by atoms with van der Waals surface area (Å²) in [6, 6.07) is 11.1. The summed E-state index contributed by atoms with van der Waals surface area (Å²) in [6.07, 6.45) is 6.30. The van der Waals surface area contributed by atoms with E-state index in [9.17, 15) is 4.79 Å². The minimum absolute atomic E-state index is 0.108. The van der Waals surface area contributed by atoms with Gasteiger partial charge in [0, 0.05) is 13.1 Å². The number of aryl methyl sites for hydroxylation is 1. The molecule has 116 valence electrons. The highest BCUT2D eigenvalue weighted by atomic mass is 79.9. The molecule has 4 nitrogen and oxygen atoms in total. The van der Waals surface area contributed by atoms with Crippen LogP contribution in [-0.4, -0.2) is 15.8 Å². The largest absolute Gasteiger partial charge is 0.380 e. The molecule has 0 unspecified atom stereocenters. The Hall–Kier alpha value is -1.62. The monoisotopic (exact) mass is 361 g/mol. The molecule has 1 N–H and O–H groups in total. The molecule has 0 saturated heterocycles. The van der Waals surface area contributed by atoms with Crippen molar-refractivity contribution in [3.8, 4) is 0 Å². The summed E-state index contributed by atoms with van der Waals surface area (Å²) >= 11 is 3.37. The summed E-state index contributed by atoms with van der Waals surface area (Å²) in [4.78, 5) is 11.9. The lowest BCUT2D eigenvalue weighted by atomic mass is 9.82. The molecule has 3 rings (SSSR count). The number of rotatable bonds is 3. The molecule has 0 radical (unpaired) electrons. The van der Waals surface area contributed by atoms with E-state index in [0.717, 1.165) is 18.5 Å². The maximum Gasteiger partial charge on any atom is 0.282 e. The van der Waals surface area contributed by atoms with Crippen molar-refractivity contribution in [2.24, 2.45) is 7.05 Å². The summed E-state index contributed by atoms with van der Waals surface area (Å²) in [5.41, 5.74) is 2.13.